The molecule has 0 aliphatic carbocycles. The lowest BCUT2D eigenvalue weighted by molar-refractivity contribution is -0.137. The summed E-state index contributed by atoms with van der Waals surface area (Å²) in [5, 5.41) is 21.2. The van der Waals surface area contributed by atoms with Gasteiger partial charge in [0.2, 0.25) is 0 Å². The molecule has 5 nitrogen and oxygen atoms in total. The van der Waals surface area contributed by atoms with E-state index in [2.05, 4.69) is 15.6 Å². The van der Waals surface area contributed by atoms with Crippen molar-refractivity contribution in [3.05, 3.63) is 47.3 Å². The summed E-state index contributed by atoms with van der Waals surface area (Å²) in [7, 11) is 1.76. The van der Waals surface area contributed by atoms with Gasteiger partial charge in [-0.05, 0) is 24.1 Å². The van der Waals surface area contributed by atoms with Gasteiger partial charge in [-0.15, -0.1) is 5.10 Å². The summed E-state index contributed by atoms with van der Waals surface area (Å²) in [6.45, 7) is 2.35. The van der Waals surface area contributed by atoms with Crippen LogP contribution in [0, 0.1) is 0 Å². The lowest BCUT2D eigenvalue weighted by atomic mass is 9.99. The molecular formula is C15H19F3N4O. The van der Waals surface area contributed by atoms with Crippen LogP contribution >= 0.6 is 0 Å². The quantitative estimate of drug-likeness (QED) is 0.855. The molecule has 2 N–H and O–H groups in total. The highest BCUT2D eigenvalue weighted by Crippen LogP contribution is 2.30. The van der Waals surface area contributed by atoms with Crippen molar-refractivity contribution in [2.45, 2.75) is 38.2 Å². The number of rotatable bonds is 6. The molecule has 1 aromatic carbocycles. The second kappa shape index (κ2) is 7.10. The summed E-state index contributed by atoms with van der Waals surface area (Å²) in [6.07, 6.45) is -3.04. The highest BCUT2D eigenvalue weighted by Gasteiger charge is 2.30. The van der Waals surface area contributed by atoms with E-state index in [1.165, 1.54) is 12.1 Å². The van der Waals surface area contributed by atoms with Gasteiger partial charge < -0.3 is 10.4 Å². The molecule has 0 aliphatic rings. The molecule has 2 rings (SSSR count). The first-order valence-corrected chi connectivity index (χ1v) is 7.25. The molecule has 0 radical (unpaired) electrons. The van der Waals surface area contributed by atoms with Crippen molar-refractivity contribution in [2.24, 2.45) is 7.05 Å². The molecule has 0 amide bonds. The fourth-order valence-electron chi connectivity index (χ4n) is 2.29. The number of aliphatic hydroxyl groups excluding tert-OH is 1. The van der Waals surface area contributed by atoms with Crippen LogP contribution in [0.3, 0.4) is 0 Å². The summed E-state index contributed by atoms with van der Waals surface area (Å²) in [5.74, 6) is 0. The Morgan fingerprint density at radius 2 is 1.91 bits per heavy atom. The van der Waals surface area contributed by atoms with E-state index in [0.717, 1.165) is 17.8 Å². The van der Waals surface area contributed by atoms with Crippen LogP contribution in [0.4, 0.5) is 13.2 Å². The molecule has 0 saturated heterocycles. The van der Waals surface area contributed by atoms with E-state index < -0.39 is 17.8 Å². The lowest BCUT2D eigenvalue weighted by Crippen LogP contribution is -2.34. The third-order valence-corrected chi connectivity index (χ3v) is 3.75. The Bertz CT molecular complexity index is 624. The molecule has 1 heterocycles. The van der Waals surface area contributed by atoms with E-state index in [1.54, 1.807) is 17.9 Å². The summed E-state index contributed by atoms with van der Waals surface area (Å²) >= 11 is 0. The standard InChI is InChI=1S/C15H19F3N4O/c1-3-13(19-8-12-9-20-21-22(12)2)14(23)10-4-6-11(7-5-10)15(16,17)18/h4-7,9,13-14,19,23H,3,8H2,1-2H3. The van der Waals surface area contributed by atoms with Crippen molar-refractivity contribution in [1.29, 1.82) is 0 Å². The molecule has 0 saturated carbocycles. The molecule has 8 heteroatoms. The molecule has 0 bridgehead atoms. The average molecular weight is 328 g/mol. The van der Waals surface area contributed by atoms with Crippen LogP contribution in [-0.4, -0.2) is 26.1 Å². The van der Waals surface area contributed by atoms with Gasteiger partial charge in [-0.3, -0.25) is 4.68 Å². The molecule has 0 aliphatic heterocycles. The first-order chi connectivity index (χ1) is 10.8. The van der Waals surface area contributed by atoms with E-state index in [9.17, 15) is 18.3 Å². The molecule has 2 unspecified atom stereocenters. The number of aryl methyl sites for hydroxylation is 1. The van der Waals surface area contributed by atoms with Gasteiger partial charge in [0, 0.05) is 19.6 Å². The van der Waals surface area contributed by atoms with Crippen LogP contribution in [0.5, 0.6) is 0 Å². The van der Waals surface area contributed by atoms with Crippen LogP contribution in [-0.2, 0) is 19.8 Å². The Kier molecular flexibility index (Phi) is 5.38. The highest BCUT2D eigenvalue weighted by atomic mass is 19.4. The molecule has 2 aromatic rings. The van der Waals surface area contributed by atoms with Gasteiger partial charge in [0.15, 0.2) is 0 Å². The van der Waals surface area contributed by atoms with Crippen LogP contribution < -0.4 is 5.32 Å². The zero-order valence-electron chi connectivity index (χ0n) is 12.9. The minimum absolute atomic E-state index is 0.290. The number of alkyl halides is 3. The molecule has 2 atom stereocenters. The summed E-state index contributed by atoms with van der Waals surface area (Å²) in [6, 6.07) is 4.29. The van der Waals surface area contributed by atoms with Crippen LogP contribution in [0.15, 0.2) is 30.5 Å². The predicted molar refractivity (Wildman–Crippen MR) is 78.3 cm³/mol. The van der Waals surface area contributed by atoms with Gasteiger partial charge in [0.1, 0.15) is 0 Å². The number of halogens is 3. The Labute approximate surface area is 132 Å². The predicted octanol–water partition coefficient (Wildman–Crippen LogP) is 2.44. The second-order valence-corrected chi connectivity index (χ2v) is 5.31. The van der Waals surface area contributed by atoms with Crippen molar-refractivity contribution in [1.82, 2.24) is 20.3 Å². The van der Waals surface area contributed by atoms with Gasteiger partial charge in [0.25, 0.3) is 0 Å². The fraction of sp³-hybridized carbons (Fsp3) is 0.467. The zero-order chi connectivity index (χ0) is 17.0. The molecule has 23 heavy (non-hydrogen) atoms. The molecule has 1 aromatic heterocycles. The normalized spacial score (nSPS) is 14.7. The monoisotopic (exact) mass is 328 g/mol. The molecule has 0 fully saturated rings. The molecular weight excluding hydrogens is 309 g/mol. The van der Waals surface area contributed by atoms with E-state index in [1.807, 2.05) is 6.92 Å². The van der Waals surface area contributed by atoms with Crippen molar-refractivity contribution in [2.75, 3.05) is 0 Å². The van der Waals surface area contributed by atoms with Crippen molar-refractivity contribution >= 4 is 0 Å². The topological polar surface area (TPSA) is 63.0 Å². The maximum Gasteiger partial charge on any atom is 0.416 e. The maximum atomic E-state index is 12.6. The van der Waals surface area contributed by atoms with Crippen LogP contribution in [0.25, 0.3) is 0 Å². The van der Waals surface area contributed by atoms with Gasteiger partial charge >= 0.3 is 6.18 Å². The first-order valence-electron chi connectivity index (χ1n) is 7.25. The van der Waals surface area contributed by atoms with Crippen molar-refractivity contribution in [3.63, 3.8) is 0 Å². The van der Waals surface area contributed by atoms with E-state index in [4.69, 9.17) is 0 Å². The SMILES string of the molecule is CCC(NCc1cnnn1C)C(O)c1ccc(C(F)(F)F)cc1. The number of aromatic nitrogens is 3. The van der Waals surface area contributed by atoms with Gasteiger partial charge in [0.05, 0.1) is 23.6 Å². The molecule has 0 spiro atoms. The average Bonchev–Trinajstić information content (AvgIpc) is 2.92. The van der Waals surface area contributed by atoms with Gasteiger partial charge in [-0.25, -0.2) is 0 Å². The smallest absolute Gasteiger partial charge is 0.387 e. The van der Waals surface area contributed by atoms with Crippen LogP contribution in [0.2, 0.25) is 0 Å². The highest BCUT2D eigenvalue weighted by molar-refractivity contribution is 5.26. The number of nitrogens with zero attached hydrogens (tertiary/aromatic N) is 3. The Morgan fingerprint density at radius 1 is 1.26 bits per heavy atom. The number of hydrogen-bond donors (Lipinski definition) is 2. The zero-order valence-corrected chi connectivity index (χ0v) is 12.9. The maximum absolute atomic E-state index is 12.6. The van der Waals surface area contributed by atoms with Gasteiger partial charge in [-0.2, -0.15) is 13.2 Å². The summed E-state index contributed by atoms with van der Waals surface area (Å²) in [4.78, 5) is 0. The van der Waals surface area contributed by atoms with E-state index in [-0.39, 0.29) is 6.04 Å². The number of hydrogen-bond acceptors (Lipinski definition) is 4. The second-order valence-electron chi connectivity index (χ2n) is 5.31. The van der Waals surface area contributed by atoms with E-state index >= 15 is 0 Å². The van der Waals surface area contributed by atoms with Crippen LogP contribution in [0.1, 0.15) is 36.3 Å². The Morgan fingerprint density at radius 3 is 2.39 bits per heavy atom. The van der Waals surface area contributed by atoms with Gasteiger partial charge in [-0.1, -0.05) is 24.3 Å². The molecule has 126 valence electrons. The van der Waals surface area contributed by atoms with Crippen molar-refractivity contribution < 1.29 is 18.3 Å². The Hall–Kier alpha value is -1.93. The summed E-state index contributed by atoms with van der Waals surface area (Å²) < 4.78 is 39.3. The minimum atomic E-state index is -4.38. The third-order valence-electron chi connectivity index (χ3n) is 3.75. The minimum Gasteiger partial charge on any atom is -0.387 e. The number of aliphatic hydroxyl groups is 1. The number of benzene rings is 1. The lowest BCUT2D eigenvalue weighted by Gasteiger charge is -2.23. The Balaban J connectivity index is 2.04. The number of nitrogens with one attached hydrogen (secondary N) is 1. The van der Waals surface area contributed by atoms with Crippen molar-refractivity contribution in [3.8, 4) is 0 Å². The van der Waals surface area contributed by atoms with E-state index in [0.29, 0.717) is 18.5 Å². The fourth-order valence-corrected chi connectivity index (χ4v) is 2.29. The first kappa shape index (κ1) is 17.4. The summed E-state index contributed by atoms with van der Waals surface area (Å²) in [5.41, 5.74) is 0.568. The third kappa shape index (κ3) is 4.29. The largest absolute Gasteiger partial charge is 0.416 e.